The molecule has 0 aliphatic carbocycles. The first-order valence-electron chi connectivity index (χ1n) is 11.0. The molecule has 2 heterocycles. The van der Waals surface area contributed by atoms with Crippen molar-refractivity contribution in [2.45, 2.75) is 25.0 Å². The number of carbonyl (C=O) groups excluding carboxylic acids is 1. The molecule has 2 aliphatic heterocycles. The van der Waals surface area contributed by atoms with Gasteiger partial charge in [0.25, 0.3) is 0 Å². The standard InChI is InChI=1S/C27H25FO5/c1-30-27(10-13-31-14-11-27)9-2-12-32-21-7-8-22-19(15-21)16-23-24(17-33-26(23)29)25(22)18-3-5-20(28)6-4-18/h2-9,15-16H,10-14,17H2,1H3. The molecule has 5 rings (SSSR count). The molecule has 1 fully saturated rings. The minimum atomic E-state index is -0.342. The van der Waals surface area contributed by atoms with Crippen molar-refractivity contribution in [2.75, 3.05) is 26.9 Å². The van der Waals surface area contributed by atoms with Crippen molar-refractivity contribution in [3.63, 3.8) is 0 Å². The van der Waals surface area contributed by atoms with Crippen LogP contribution in [0.25, 0.3) is 21.9 Å². The van der Waals surface area contributed by atoms with Crippen molar-refractivity contribution in [1.29, 1.82) is 0 Å². The van der Waals surface area contributed by atoms with Gasteiger partial charge in [-0.1, -0.05) is 24.3 Å². The summed E-state index contributed by atoms with van der Waals surface area (Å²) in [6.07, 6.45) is 5.68. The average molecular weight is 448 g/mol. The Kier molecular flexibility index (Phi) is 5.87. The van der Waals surface area contributed by atoms with E-state index in [-0.39, 0.29) is 24.0 Å². The summed E-state index contributed by atoms with van der Waals surface area (Å²) in [5, 5.41) is 1.83. The van der Waals surface area contributed by atoms with Crippen LogP contribution in [-0.4, -0.2) is 38.5 Å². The Balaban J connectivity index is 1.43. The minimum Gasteiger partial charge on any atom is -0.490 e. The van der Waals surface area contributed by atoms with Crippen LogP contribution in [0.2, 0.25) is 0 Å². The van der Waals surface area contributed by atoms with Gasteiger partial charge in [-0.25, -0.2) is 9.18 Å². The number of carbonyl (C=O) groups is 1. The quantitative estimate of drug-likeness (QED) is 0.371. The van der Waals surface area contributed by atoms with Crippen molar-refractivity contribution in [3.8, 4) is 16.9 Å². The number of benzene rings is 3. The summed E-state index contributed by atoms with van der Waals surface area (Å²) in [4.78, 5) is 12.3. The molecule has 1 saturated heterocycles. The van der Waals surface area contributed by atoms with Crippen LogP contribution in [-0.2, 0) is 20.8 Å². The summed E-state index contributed by atoms with van der Waals surface area (Å²) in [6, 6.07) is 14.0. The van der Waals surface area contributed by atoms with E-state index in [0.29, 0.717) is 31.1 Å². The summed E-state index contributed by atoms with van der Waals surface area (Å²) in [7, 11) is 1.72. The van der Waals surface area contributed by atoms with Gasteiger partial charge in [0.2, 0.25) is 0 Å². The summed E-state index contributed by atoms with van der Waals surface area (Å²) < 4.78 is 35.9. The molecule has 0 saturated carbocycles. The smallest absolute Gasteiger partial charge is 0.338 e. The number of hydrogen-bond acceptors (Lipinski definition) is 5. The van der Waals surface area contributed by atoms with E-state index in [1.165, 1.54) is 12.1 Å². The summed E-state index contributed by atoms with van der Waals surface area (Å²) in [6.45, 7) is 1.99. The molecule has 6 heteroatoms. The Labute approximate surface area is 191 Å². The van der Waals surface area contributed by atoms with Crippen molar-refractivity contribution >= 4 is 16.7 Å². The molecule has 0 amide bonds. The summed E-state index contributed by atoms with van der Waals surface area (Å²) >= 11 is 0. The van der Waals surface area contributed by atoms with Crippen LogP contribution in [0, 0.1) is 5.82 Å². The molecule has 0 unspecified atom stereocenters. The summed E-state index contributed by atoms with van der Waals surface area (Å²) in [5.74, 6) is 0.0514. The number of rotatable bonds is 6. The Morgan fingerprint density at radius 3 is 2.64 bits per heavy atom. The normalized spacial score (nSPS) is 17.3. The predicted molar refractivity (Wildman–Crippen MR) is 123 cm³/mol. The Bertz CT molecular complexity index is 1210. The molecule has 3 aromatic rings. The van der Waals surface area contributed by atoms with Gasteiger partial charge in [0.05, 0.1) is 11.2 Å². The third-order valence-electron chi connectivity index (χ3n) is 6.43. The molecular weight excluding hydrogens is 423 g/mol. The molecule has 3 aromatic carbocycles. The molecule has 0 N–H and O–H groups in total. The van der Waals surface area contributed by atoms with Crippen molar-refractivity contribution in [3.05, 3.63) is 77.6 Å². The second-order valence-electron chi connectivity index (χ2n) is 8.34. The largest absolute Gasteiger partial charge is 0.490 e. The molecule has 2 aliphatic rings. The van der Waals surface area contributed by atoms with Gasteiger partial charge in [-0.2, -0.15) is 0 Å². The zero-order chi connectivity index (χ0) is 22.8. The van der Waals surface area contributed by atoms with Crippen molar-refractivity contribution in [2.24, 2.45) is 0 Å². The molecule has 0 aromatic heterocycles. The van der Waals surface area contributed by atoms with Crippen LogP contribution in [0.5, 0.6) is 5.75 Å². The molecule has 170 valence electrons. The fourth-order valence-electron chi connectivity index (χ4n) is 4.57. The van der Waals surface area contributed by atoms with Gasteiger partial charge < -0.3 is 18.9 Å². The zero-order valence-electron chi connectivity index (χ0n) is 18.4. The van der Waals surface area contributed by atoms with Crippen LogP contribution < -0.4 is 4.74 Å². The van der Waals surface area contributed by atoms with Crippen molar-refractivity contribution < 1.29 is 28.1 Å². The highest BCUT2D eigenvalue weighted by Crippen LogP contribution is 2.39. The number of esters is 1. The number of hydrogen-bond donors (Lipinski definition) is 0. The van der Waals surface area contributed by atoms with E-state index in [0.717, 1.165) is 40.3 Å². The summed E-state index contributed by atoms with van der Waals surface area (Å²) in [5.41, 5.74) is 2.81. The topological polar surface area (TPSA) is 54.0 Å². The SMILES string of the molecule is COC1(C=CCOc2ccc3c(-c4ccc(F)cc4)c4c(cc3c2)C(=O)OC4)CCOCC1. The number of cyclic esters (lactones) is 1. The zero-order valence-corrected chi connectivity index (χ0v) is 18.4. The fraction of sp³-hybridized carbons (Fsp3) is 0.296. The van der Waals surface area contributed by atoms with E-state index in [1.54, 1.807) is 19.2 Å². The third-order valence-corrected chi connectivity index (χ3v) is 6.43. The highest BCUT2D eigenvalue weighted by atomic mass is 19.1. The molecule has 0 bridgehead atoms. The number of methoxy groups -OCH3 is 1. The first-order valence-corrected chi connectivity index (χ1v) is 11.0. The van der Waals surface area contributed by atoms with Crippen molar-refractivity contribution in [1.82, 2.24) is 0 Å². The average Bonchev–Trinajstić information content (AvgIpc) is 3.21. The van der Waals surface area contributed by atoms with Crippen LogP contribution in [0.3, 0.4) is 0 Å². The molecule has 0 radical (unpaired) electrons. The fourth-order valence-corrected chi connectivity index (χ4v) is 4.57. The van der Waals surface area contributed by atoms with Crippen LogP contribution >= 0.6 is 0 Å². The predicted octanol–water partition coefficient (Wildman–Crippen LogP) is 5.45. The van der Waals surface area contributed by atoms with Gasteiger partial charge in [0.1, 0.15) is 24.8 Å². The van der Waals surface area contributed by atoms with Crippen LogP contribution in [0.1, 0.15) is 28.8 Å². The Hall–Kier alpha value is -3.22. The molecule has 0 spiro atoms. The first kappa shape index (κ1) is 21.6. The van der Waals surface area contributed by atoms with Gasteiger partial charge in [-0.15, -0.1) is 0 Å². The maximum atomic E-state index is 13.5. The highest BCUT2D eigenvalue weighted by molar-refractivity contribution is 6.07. The number of fused-ring (bicyclic) bond motifs is 2. The minimum absolute atomic E-state index is 0.214. The number of halogens is 1. The Morgan fingerprint density at radius 2 is 1.88 bits per heavy atom. The highest BCUT2D eigenvalue weighted by Gasteiger charge is 2.29. The lowest BCUT2D eigenvalue weighted by Crippen LogP contribution is -2.36. The second kappa shape index (κ2) is 8.96. The van der Waals surface area contributed by atoms with Crippen LogP contribution in [0.4, 0.5) is 4.39 Å². The number of ether oxygens (including phenoxy) is 4. The third kappa shape index (κ3) is 4.24. The van der Waals surface area contributed by atoms with E-state index in [2.05, 4.69) is 6.08 Å². The lowest BCUT2D eigenvalue weighted by Gasteiger charge is -2.33. The van der Waals surface area contributed by atoms with Gasteiger partial charge in [0, 0.05) is 38.7 Å². The second-order valence-corrected chi connectivity index (χ2v) is 8.34. The lowest BCUT2D eigenvalue weighted by atomic mass is 9.90. The van der Waals surface area contributed by atoms with E-state index in [1.807, 2.05) is 30.3 Å². The van der Waals surface area contributed by atoms with Gasteiger partial charge >= 0.3 is 5.97 Å². The van der Waals surface area contributed by atoms with Crippen LogP contribution in [0.15, 0.2) is 60.7 Å². The van der Waals surface area contributed by atoms with E-state index in [4.69, 9.17) is 18.9 Å². The maximum absolute atomic E-state index is 13.5. The molecular formula is C27H25FO5. The van der Waals surface area contributed by atoms with E-state index in [9.17, 15) is 9.18 Å². The molecule has 33 heavy (non-hydrogen) atoms. The maximum Gasteiger partial charge on any atom is 0.338 e. The first-order chi connectivity index (χ1) is 16.1. The monoisotopic (exact) mass is 448 g/mol. The molecule has 0 atom stereocenters. The molecule has 5 nitrogen and oxygen atoms in total. The van der Waals surface area contributed by atoms with Gasteiger partial charge in [-0.05, 0) is 58.3 Å². The lowest BCUT2D eigenvalue weighted by molar-refractivity contribution is -0.0588. The Morgan fingerprint density at radius 1 is 1.09 bits per heavy atom. The van der Waals surface area contributed by atoms with E-state index >= 15 is 0 Å². The van der Waals surface area contributed by atoms with E-state index < -0.39 is 0 Å². The van der Waals surface area contributed by atoms with Gasteiger partial charge in [-0.3, -0.25) is 0 Å². The van der Waals surface area contributed by atoms with Gasteiger partial charge in [0.15, 0.2) is 0 Å².